The molecule has 15 heavy (non-hydrogen) atoms. The van der Waals surface area contributed by atoms with Crippen molar-refractivity contribution >= 4 is 17.4 Å². The van der Waals surface area contributed by atoms with Crippen molar-refractivity contribution in [1.29, 1.82) is 0 Å². The van der Waals surface area contributed by atoms with Gasteiger partial charge < -0.3 is 9.84 Å². The van der Waals surface area contributed by atoms with Crippen molar-refractivity contribution in [3.63, 3.8) is 0 Å². The lowest BCUT2D eigenvalue weighted by Gasteiger charge is -2.02. The predicted molar refractivity (Wildman–Crippen MR) is 58.7 cm³/mol. The SMILES string of the molecule is CC(C)CNc1nc(-c2cncs2)no1. The fraction of sp³-hybridized carbons (Fsp3) is 0.444. The van der Waals surface area contributed by atoms with Gasteiger partial charge in [0.1, 0.15) is 0 Å². The summed E-state index contributed by atoms with van der Waals surface area (Å²) in [4.78, 5) is 9.08. The monoisotopic (exact) mass is 224 g/mol. The van der Waals surface area contributed by atoms with Crippen LogP contribution in [0.1, 0.15) is 13.8 Å². The van der Waals surface area contributed by atoms with E-state index >= 15 is 0 Å². The number of nitrogens with zero attached hydrogens (tertiary/aromatic N) is 3. The molecule has 0 saturated heterocycles. The Bertz CT molecular complexity index is 409. The van der Waals surface area contributed by atoms with Gasteiger partial charge in [0.15, 0.2) is 0 Å². The first kappa shape index (κ1) is 10.1. The van der Waals surface area contributed by atoms with Gasteiger partial charge in [0.25, 0.3) is 0 Å². The molecule has 80 valence electrons. The van der Waals surface area contributed by atoms with Gasteiger partial charge in [-0.2, -0.15) is 4.98 Å². The van der Waals surface area contributed by atoms with E-state index in [-0.39, 0.29) is 0 Å². The first-order chi connectivity index (χ1) is 7.25. The number of rotatable bonds is 4. The summed E-state index contributed by atoms with van der Waals surface area (Å²) in [5.74, 6) is 1.13. The van der Waals surface area contributed by atoms with E-state index < -0.39 is 0 Å². The minimum absolute atomic E-state index is 0.465. The third-order valence-electron chi connectivity index (χ3n) is 1.74. The molecular weight excluding hydrogens is 212 g/mol. The number of anilines is 1. The molecule has 2 aromatic heterocycles. The molecule has 0 spiro atoms. The number of hydrogen-bond donors (Lipinski definition) is 1. The quantitative estimate of drug-likeness (QED) is 0.863. The van der Waals surface area contributed by atoms with Gasteiger partial charge >= 0.3 is 6.01 Å². The number of nitrogens with one attached hydrogen (secondary N) is 1. The van der Waals surface area contributed by atoms with Gasteiger partial charge in [-0.05, 0) is 5.92 Å². The first-order valence-electron chi connectivity index (χ1n) is 4.72. The van der Waals surface area contributed by atoms with Crippen molar-refractivity contribution in [1.82, 2.24) is 15.1 Å². The van der Waals surface area contributed by atoms with Crippen LogP contribution in [0.15, 0.2) is 16.2 Å². The Hall–Kier alpha value is -1.43. The van der Waals surface area contributed by atoms with E-state index in [1.165, 1.54) is 11.3 Å². The van der Waals surface area contributed by atoms with Gasteiger partial charge in [0, 0.05) is 12.7 Å². The van der Waals surface area contributed by atoms with Crippen molar-refractivity contribution in [3.8, 4) is 10.7 Å². The lowest BCUT2D eigenvalue weighted by Crippen LogP contribution is -2.07. The van der Waals surface area contributed by atoms with E-state index in [1.807, 2.05) is 0 Å². The highest BCUT2D eigenvalue weighted by atomic mass is 32.1. The van der Waals surface area contributed by atoms with Gasteiger partial charge in [0.2, 0.25) is 5.82 Å². The average molecular weight is 224 g/mol. The molecule has 0 aliphatic carbocycles. The van der Waals surface area contributed by atoms with Crippen LogP contribution in [0.4, 0.5) is 6.01 Å². The van der Waals surface area contributed by atoms with Crippen LogP contribution < -0.4 is 5.32 Å². The standard InChI is InChI=1S/C9H12N4OS/c1-6(2)3-11-9-12-8(13-14-9)7-4-10-5-15-7/h4-6H,3H2,1-2H3,(H,11,12,13). The zero-order valence-electron chi connectivity index (χ0n) is 8.60. The number of aromatic nitrogens is 3. The summed E-state index contributed by atoms with van der Waals surface area (Å²) in [6.45, 7) is 5.06. The van der Waals surface area contributed by atoms with E-state index in [0.29, 0.717) is 17.8 Å². The van der Waals surface area contributed by atoms with Gasteiger partial charge in [-0.1, -0.05) is 19.0 Å². The Morgan fingerprint density at radius 2 is 2.40 bits per heavy atom. The molecule has 0 bridgehead atoms. The maximum atomic E-state index is 5.05. The topological polar surface area (TPSA) is 63.8 Å². The van der Waals surface area contributed by atoms with Crippen LogP contribution >= 0.6 is 11.3 Å². The zero-order chi connectivity index (χ0) is 10.7. The lowest BCUT2D eigenvalue weighted by molar-refractivity contribution is 0.430. The van der Waals surface area contributed by atoms with Crippen molar-refractivity contribution in [3.05, 3.63) is 11.7 Å². The molecule has 0 amide bonds. The average Bonchev–Trinajstić information content (AvgIpc) is 2.85. The maximum absolute atomic E-state index is 5.05. The van der Waals surface area contributed by atoms with E-state index in [4.69, 9.17) is 4.52 Å². The summed E-state index contributed by atoms with van der Waals surface area (Å²) in [7, 11) is 0. The van der Waals surface area contributed by atoms with E-state index in [0.717, 1.165) is 11.4 Å². The Balaban J connectivity index is 2.04. The molecular formula is C9H12N4OS. The summed E-state index contributed by atoms with van der Waals surface area (Å²) < 4.78 is 5.05. The molecule has 0 unspecified atom stereocenters. The summed E-state index contributed by atoms with van der Waals surface area (Å²) >= 11 is 1.49. The first-order valence-corrected chi connectivity index (χ1v) is 5.60. The third kappa shape index (κ3) is 2.53. The molecule has 0 aromatic carbocycles. The molecule has 1 N–H and O–H groups in total. The van der Waals surface area contributed by atoms with Crippen LogP contribution in [0.25, 0.3) is 10.7 Å². The van der Waals surface area contributed by atoms with E-state index in [2.05, 4.69) is 34.3 Å². The normalized spacial score (nSPS) is 10.9. The van der Waals surface area contributed by atoms with Crippen LogP contribution in [0.2, 0.25) is 0 Å². The number of hydrogen-bond acceptors (Lipinski definition) is 6. The van der Waals surface area contributed by atoms with Crippen molar-refractivity contribution in [2.75, 3.05) is 11.9 Å². The summed E-state index contributed by atoms with van der Waals surface area (Å²) in [6.07, 6.45) is 1.72. The van der Waals surface area contributed by atoms with Crippen molar-refractivity contribution < 1.29 is 4.52 Å². The van der Waals surface area contributed by atoms with E-state index in [9.17, 15) is 0 Å². The van der Waals surface area contributed by atoms with Crippen molar-refractivity contribution in [2.45, 2.75) is 13.8 Å². The maximum Gasteiger partial charge on any atom is 0.321 e. The highest BCUT2D eigenvalue weighted by Gasteiger charge is 2.09. The van der Waals surface area contributed by atoms with Gasteiger partial charge in [-0.3, -0.25) is 4.98 Å². The molecule has 2 aromatic rings. The second-order valence-electron chi connectivity index (χ2n) is 3.56. The minimum Gasteiger partial charge on any atom is -0.337 e. The molecule has 0 aliphatic heterocycles. The van der Waals surface area contributed by atoms with Crippen LogP contribution in [-0.4, -0.2) is 21.7 Å². The smallest absolute Gasteiger partial charge is 0.321 e. The molecule has 6 heteroatoms. The van der Waals surface area contributed by atoms with Gasteiger partial charge in [-0.25, -0.2) is 0 Å². The Labute approximate surface area is 91.5 Å². The van der Waals surface area contributed by atoms with Crippen LogP contribution in [0.3, 0.4) is 0 Å². The number of thiazole rings is 1. The molecule has 0 radical (unpaired) electrons. The highest BCUT2D eigenvalue weighted by Crippen LogP contribution is 2.20. The predicted octanol–water partition coefficient (Wildman–Crippen LogP) is 2.26. The minimum atomic E-state index is 0.465. The molecule has 0 saturated carbocycles. The highest BCUT2D eigenvalue weighted by molar-refractivity contribution is 7.13. The van der Waals surface area contributed by atoms with Gasteiger partial charge in [0.05, 0.1) is 10.4 Å². The lowest BCUT2D eigenvalue weighted by atomic mass is 10.2. The van der Waals surface area contributed by atoms with E-state index in [1.54, 1.807) is 11.7 Å². The molecule has 0 atom stereocenters. The second-order valence-corrected chi connectivity index (χ2v) is 4.45. The second kappa shape index (κ2) is 4.39. The largest absolute Gasteiger partial charge is 0.337 e. The summed E-state index contributed by atoms with van der Waals surface area (Å²) in [5, 5.41) is 6.93. The van der Waals surface area contributed by atoms with Gasteiger partial charge in [-0.15, -0.1) is 11.3 Å². The summed E-state index contributed by atoms with van der Waals surface area (Å²) in [6, 6.07) is 0.465. The van der Waals surface area contributed by atoms with Crippen molar-refractivity contribution in [2.24, 2.45) is 5.92 Å². The molecule has 2 rings (SSSR count). The molecule has 0 aliphatic rings. The van der Waals surface area contributed by atoms with Crippen LogP contribution in [0.5, 0.6) is 0 Å². The molecule has 5 nitrogen and oxygen atoms in total. The van der Waals surface area contributed by atoms with Crippen LogP contribution in [-0.2, 0) is 0 Å². The Morgan fingerprint density at radius 1 is 1.53 bits per heavy atom. The Kier molecular flexibility index (Phi) is 2.96. The summed E-state index contributed by atoms with van der Waals surface area (Å²) in [5.41, 5.74) is 1.74. The fourth-order valence-electron chi connectivity index (χ4n) is 1.01. The van der Waals surface area contributed by atoms with Crippen LogP contribution in [0, 0.1) is 5.92 Å². The fourth-order valence-corrected chi connectivity index (χ4v) is 1.56. The molecule has 2 heterocycles. The Morgan fingerprint density at radius 3 is 3.07 bits per heavy atom. The third-order valence-corrected chi connectivity index (χ3v) is 2.51. The zero-order valence-corrected chi connectivity index (χ0v) is 9.41. The molecule has 0 fully saturated rings.